The number of carbonyl (C=O) groups excluding carboxylic acids is 1. The number of thiazole rings is 1. The highest BCUT2D eigenvalue weighted by Crippen LogP contribution is 2.22. The lowest BCUT2D eigenvalue weighted by Gasteiger charge is -2.20. The highest BCUT2D eigenvalue weighted by atomic mass is 32.2. The fourth-order valence-corrected chi connectivity index (χ4v) is 5.11. The molecule has 0 spiro atoms. The summed E-state index contributed by atoms with van der Waals surface area (Å²) >= 11 is 1.24. The van der Waals surface area contributed by atoms with Crippen molar-refractivity contribution in [2.24, 2.45) is 0 Å². The van der Waals surface area contributed by atoms with Crippen LogP contribution in [-0.4, -0.2) is 36.3 Å². The van der Waals surface area contributed by atoms with Crippen molar-refractivity contribution in [3.05, 3.63) is 40.6 Å². The molecule has 3 rings (SSSR count). The van der Waals surface area contributed by atoms with Gasteiger partial charge in [-0.2, -0.15) is 4.31 Å². The molecule has 26 heavy (non-hydrogen) atoms. The molecule has 1 amide bonds. The molecular weight excluding hydrogens is 372 g/mol. The van der Waals surface area contributed by atoms with E-state index in [-0.39, 0.29) is 22.1 Å². The van der Waals surface area contributed by atoms with E-state index in [2.05, 4.69) is 5.32 Å². The number of hydrogen-bond donors (Lipinski definition) is 2. The van der Waals surface area contributed by atoms with Gasteiger partial charge in [-0.1, -0.05) is 18.9 Å². The van der Waals surface area contributed by atoms with Crippen LogP contribution in [-0.2, 0) is 21.4 Å². The van der Waals surface area contributed by atoms with Gasteiger partial charge in [0, 0.05) is 30.4 Å². The lowest BCUT2D eigenvalue weighted by atomic mass is 10.2. The lowest BCUT2D eigenvalue weighted by molar-refractivity contribution is -0.116. The predicted octanol–water partition coefficient (Wildman–Crippen LogP) is 2.23. The van der Waals surface area contributed by atoms with Crippen molar-refractivity contribution >= 4 is 33.0 Å². The Bertz CT molecular complexity index is 925. The molecule has 7 nitrogen and oxygen atoms in total. The van der Waals surface area contributed by atoms with Crippen molar-refractivity contribution in [3.8, 4) is 0 Å². The molecule has 9 heteroatoms. The smallest absolute Gasteiger partial charge is 0.244 e. The lowest BCUT2D eigenvalue weighted by Crippen LogP contribution is -2.32. The molecule has 0 aliphatic carbocycles. The molecule has 1 saturated heterocycles. The van der Waals surface area contributed by atoms with Crippen LogP contribution in [0, 0.1) is 5.41 Å². The van der Waals surface area contributed by atoms with Crippen LogP contribution in [0.2, 0.25) is 0 Å². The average molecular weight is 395 g/mol. The highest BCUT2D eigenvalue weighted by molar-refractivity contribution is 7.89. The van der Waals surface area contributed by atoms with Gasteiger partial charge in [-0.05, 0) is 31.0 Å². The van der Waals surface area contributed by atoms with Crippen molar-refractivity contribution in [3.63, 3.8) is 0 Å². The molecular formula is C17H22N4O3S2. The third-order valence-electron chi connectivity index (χ3n) is 4.32. The molecule has 1 fully saturated rings. The summed E-state index contributed by atoms with van der Waals surface area (Å²) in [6.45, 7) is 1.10. The maximum atomic E-state index is 12.9. The minimum Gasteiger partial charge on any atom is -0.324 e. The van der Waals surface area contributed by atoms with Gasteiger partial charge in [-0.25, -0.2) is 8.42 Å². The van der Waals surface area contributed by atoms with Crippen LogP contribution < -0.4 is 10.1 Å². The first-order valence-electron chi connectivity index (χ1n) is 8.55. The number of nitrogens with one attached hydrogen (secondary N) is 2. The monoisotopic (exact) mass is 394 g/mol. The molecule has 0 saturated carbocycles. The SMILES string of the molecule is N=c1sccn1CC(=O)Nc1cccc(S(=O)(=O)N2CCCCCC2)c1. The zero-order valence-electron chi connectivity index (χ0n) is 14.3. The summed E-state index contributed by atoms with van der Waals surface area (Å²) in [6.07, 6.45) is 5.54. The second-order valence-corrected chi connectivity index (χ2v) is 9.06. The standard InChI is InChI=1S/C17H22N4O3S2/c18-17-20(10-11-25-17)13-16(22)19-14-6-5-7-15(12-14)26(23,24)21-8-3-1-2-4-9-21/h5-7,10-12,18H,1-4,8-9,13H2,(H,19,22). The van der Waals surface area contributed by atoms with Crippen LogP contribution in [0.25, 0.3) is 0 Å². The Hall–Kier alpha value is -1.97. The quantitative estimate of drug-likeness (QED) is 0.814. The Morgan fingerprint density at radius 3 is 2.58 bits per heavy atom. The number of amides is 1. The Kier molecular flexibility index (Phi) is 5.90. The molecule has 0 atom stereocenters. The van der Waals surface area contributed by atoms with E-state index < -0.39 is 10.0 Å². The van der Waals surface area contributed by atoms with E-state index in [0.29, 0.717) is 18.8 Å². The van der Waals surface area contributed by atoms with E-state index in [1.54, 1.807) is 29.8 Å². The molecule has 140 valence electrons. The zero-order valence-corrected chi connectivity index (χ0v) is 16.0. The first-order chi connectivity index (χ1) is 12.5. The number of carbonyl (C=O) groups is 1. The van der Waals surface area contributed by atoms with E-state index in [1.165, 1.54) is 26.3 Å². The van der Waals surface area contributed by atoms with Crippen LogP contribution in [0.1, 0.15) is 25.7 Å². The molecule has 1 aromatic carbocycles. The fourth-order valence-electron chi connectivity index (χ4n) is 2.95. The van der Waals surface area contributed by atoms with Crippen LogP contribution >= 0.6 is 11.3 Å². The number of rotatable bonds is 5. The molecule has 0 bridgehead atoms. The van der Waals surface area contributed by atoms with Crippen LogP contribution in [0.15, 0.2) is 40.7 Å². The molecule has 2 aromatic rings. The van der Waals surface area contributed by atoms with Gasteiger partial charge < -0.3 is 9.88 Å². The van der Waals surface area contributed by atoms with Crippen molar-refractivity contribution < 1.29 is 13.2 Å². The largest absolute Gasteiger partial charge is 0.324 e. The second-order valence-electron chi connectivity index (χ2n) is 6.23. The number of aromatic nitrogens is 1. The van der Waals surface area contributed by atoms with Gasteiger partial charge >= 0.3 is 0 Å². The van der Waals surface area contributed by atoms with E-state index in [9.17, 15) is 13.2 Å². The molecule has 2 N–H and O–H groups in total. The van der Waals surface area contributed by atoms with Gasteiger partial charge in [-0.15, -0.1) is 11.3 Å². The van der Waals surface area contributed by atoms with Crippen LogP contribution in [0.3, 0.4) is 0 Å². The second kappa shape index (κ2) is 8.15. The minimum atomic E-state index is -3.55. The molecule has 1 aliphatic heterocycles. The summed E-state index contributed by atoms with van der Waals surface area (Å²) in [5.74, 6) is -0.300. The van der Waals surface area contributed by atoms with Gasteiger partial charge in [0.2, 0.25) is 15.9 Å². The van der Waals surface area contributed by atoms with Crippen molar-refractivity contribution in [2.45, 2.75) is 37.1 Å². The number of sulfonamides is 1. The maximum Gasteiger partial charge on any atom is 0.244 e. The summed E-state index contributed by atoms with van der Waals surface area (Å²) in [5.41, 5.74) is 0.438. The Labute approximate surface area is 156 Å². The summed E-state index contributed by atoms with van der Waals surface area (Å²) in [4.78, 5) is 12.7. The van der Waals surface area contributed by atoms with Gasteiger partial charge in [0.15, 0.2) is 4.80 Å². The summed E-state index contributed by atoms with van der Waals surface area (Å²) in [5, 5.41) is 12.1. The van der Waals surface area contributed by atoms with Crippen LogP contribution in [0.4, 0.5) is 5.69 Å². The molecule has 1 aliphatic rings. The van der Waals surface area contributed by atoms with Gasteiger partial charge in [0.25, 0.3) is 0 Å². The number of anilines is 1. The Balaban J connectivity index is 1.74. The Morgan fingerprint density at radius 2 is 1.92 bits per heavy atom. The summed E-state index contributed by atoms with van der Waals surface area (Å²) < 4.78 is 28.8. The summed E-state index contributed by atoms with van der Waals surface area (Å²) in [7, 11) is -3.55. The minimum absolute atomic E-state index is 0.0193. The van der Waals surface area contributed by atoms with Crippen LogP contribution in [0.5, 0.6) is 0 Å². The third-order valence-corrected chi connectivity index (χ3v) is 6.93. The fraction of sp³-hybridized carbons (Fsp3) is 0.412. The van der Waals surface area contributed by atoms with E-state index in [0.717, 1.165) is 25.7 Å². The average Bonchev–Trinajstić information content (AvgIpc) is 2.86. The number of hydrogen-bond acceptors (Lipinski definition) is 5. The first-order valence-corrected chi connectivity index (χ1v) is 10.9. The third kappa shape index (κ3) is 4.40. The first kappa shape index (κ1) is 18.8. The molecule has 0 unspecified atom stereocenters. The van der Waals surface area contributed by atoms with Gasteiger partial charge in [0.1, 0.15) is 6.54 Å². The van der Waals surface area contributed by atoms with Crippen molar-refractivity contribution in [1.82, 2.24) is 8.87 Å². The molecule has 0 radical (unpaired) electrons. The van der Waals surface area contributed by atoms with E-state index in [4.69, 9.17) is 5.41 Å². The predicted molar refractivity (Wildman–Crippen MR) is 100 cm³/mol. The summed E-state index contributed by atoms with van der Waals surface area (Å²) in [6, 6.07) is 6.36. The maximum absolute atomic E-state index is 12.9. The topological polar surface area (TPSA) is 95.3 Å². The van der Waals surface area contributed by atoms with Gasteiger partial charge in [0.05, 0.1) is 4.90 Å². The van der Waals surface area contributed by atoms with E-state index in [1.807, 2.05) is 0 Å². The van der Waals surface area contributed by atoms with Crippen molar-refractivity contribution in [2.75, 3.05) is 18.4 Å². The van der Waals surface area contributed by atoms with Gasteiger partial charge in [-0.3, -0.25) is 10.2 Å². The normalized spacial score (nSPS) is 16.2. The number of benzene rings is 1. The number of nitrogens with zero attached hydrogens (tertiary/aromatic N) is 2. The Morgan fingerprint density at radius 1 is 1.19 bits per heavy atom. The zero-order chi connectivity index (χ0) is 18.6. The molecule has 2 heterocycles. The van der Waals surface area contributed by atoms with Crippen molar-refractivity contribution in [1.29, 1.82) is 5.41 Å². The highest BCUT2D eigenvalue weighted by Gasteiger charge is 2.25. The molecule has 1 aromatic heterocycles. The van der Waals surface area contributed by atoms with E-state index >= 15 is 0 Å².